The van der Waals surface area contributed by atoms with Crippen LogP contribution in [-0.2, 0) is 4.79 Å². The summed E-state index contributed by atoms with van der Waals surface area (Å²) in [5.41, 5.74) is 0. The second-order valence-electron chi connectivity index (χ2n) is 8.36. The summed E-state index contributed by atoms with van der Waals surface area (Å²) in [6, 6.07) is 0. The molecule has 2 N–H and O–H groups in total. The zero-order valence-electron chi connectivity index (χ0n) is 18.2. The molecule has 0 amide bonds. The fourth-order valence-electron chi connectivity index (χ4n) is 3.69. The Kier molecular flexibility index (Phi) is 21.3. The van der Waals surface area contributed by atoms with Crippen molar-refractivity contribution in [1.29, 1.82) is 0 Å². The van der Waals surface area contributed by atoms with Gasteiger partial charge in [0.05, 0.1) is 6.10 Å². The molecule has 1 atom stereocenters. The maximum atomic E-state index is 10.4. The Balaban J connectivity index is 3.02. The van der Waals surface area contributed by atoms with Crippen molar-refractivity contribution in [1.82, 2.24) is 0 Å². The van der Waals surface area contributed by atoms with E-state index in [4.69, 9.17) is 5.11 Å². The number of carbonyl (C=O) groups is 1. The van der Waals surface area contributed by atoms with E-state index in [9.17, 15) is 9.90 Å². The summed E-state index contributed by atoms with van der Waals surface area (Å²) in [6.07, 6.45) is 25.6. The summed E-state index contributed by atoms with van der Waals surface area (Å²) in [6.45, 7) is 2.06. The van der Waals surface area contributed by atoms with E-state index in [-0.39, 0.29) is 6.10 Å². The normalized spacial score (nSPS) is 12.4. The molecular formula is C24H48O3. The van der Waals surface area contributed by atoms with E-state index in [1.54, 1.807) is 0 Å². The minimum Gasteiger partial charge on any atom is -0.481 e. The summed E-state index contributed by atoms with van der Waals surface area (Å²) in [5.74, 6) is -0.658. The molecule has 0 radical (unpaired) electrons. The molecule has 1 unspecified atom stereocenters. The molecule has 3 heteroatoms. The number of carboxylic acids is 1. The molecule has 0 saturated carbocycles. The molecule has 0 heterocycles. The molecule has 0 bridgehead atoms. The van der Waals surface area contributed by atoms with Crippen molar-refractivity contribution in [3.63, 3.8) is 0 Å². The van der Waals surface area contributed by atoms with Gasteiger partial charge >= 0.3 is 5.97 Å². The van der Waals surface area contributed by atoms with Crippen LogP contribution in [0.5, 0.6) is 0 Å². The van der Waals surface area contributed by atoms with E-state index in [0.29, 0.717) is 6.42 Å². The Labute approximate surface area is 169 Å². The van der Waals surface area contributed by atoms with Gasteiger partial charge < -0.3 is 10.2 Å². The van der Waals surface area contributed by atoms with E-state index < -0.39 is 5.97 Å². The highest BCUT2D eigenvalue weighted by Crippen LogP contribution is 2.15. The van der Waals surface area contributed by atoms with Crippen LogP contribution in [0.3, 0.4) is 0 Å². The Morgan fingerprint density at radius 2 is 0.889 bits per heavy atom. The van der Waals surface area contributed by atoms with Crippen molar-refractivity contribution in [2.45, 2.75) is 148 Å². The molecule has 0 saturated heterocycles. The highest BCUT2D eigenvalue weighted by atomic mass is 16.4. The van der Waals surface area contributed by atoms with Gasteiger partial charge in [0.15, 0.2) is 0 Å². The van der Waals surface area contributed by atoms with Crippen molar-refractivity contribution in [3.8, 4) is 0 Å². The molecular weight excluding hydrogens is 336 g/mol. The van der Waals surface area contributed by atoms with Gasteiger partial charge in [0.1, 0.15) is 0 Å². The molecule has 162 valence electrons. The summed E-state index contributed by atoms with van der Waals surface area (Å²) in [4.78, 5) is 10.4. The number of rotatable bonds is 22. The molecule has 3 nitrogen and oxygen atoms in total. The predicted octanol–water partition coefficient (Wildman–Crippen LogP) is 7.64. The number of aliphatic hydroxyl groups excluding tert-OH is 1. The summed E-state index contributed by atoms with van der Waals surface area (Å²) in [7, 11) is 0. The van der Waals surface area contributed by atoms with Crippen molar-refractivity contribution in [3.05, 3.63) is 0 Å². The van der Waals surface area contributed by atoms with Gasteiger partial charge in [-0.2, -0.15) is 0 Å². The smallest absolute Gasteiger partial charge is 0.303 e. The topological polar surface area (TPSA) is 57.5 Å². The first-order valence-electron chi connectivity index (χ1n) is 12.1. The van der Waals surface area contributed by atoms with Crippen molar-refractivity contribution in [2.75, 3.05) is 0 Å². The van der Waals surface area contributed by atoms with E-state index in [2.05, 4.69) is 6.92 Å². The molecule has 0 aromatic rings. The molecule has 0 aliphatic heterocycles. The van der Waals surface area contributed by atoms with Gasteiger partial charge in [0, 0.05) is 6.42 Å². The lowest BCUT2D eigenvalue weighted by atomic mass is 10.0. The van der Waals surface area contributed by atoms with Crippen LogP contribution in [0.15, 0.2) is 0 Å². The van der Waals surface area contributed by atoms with Crippen LogP contribution in [0.2, 0.25) is 0 Å². The average Bonchev–Trinajstić information content (AvgIpc) is 2.65. The van der Waals surface area contributed by atoms with Crippen LogP contribution in [0, 0.1) is 0 Å². The largest absolute Gasteiger partial charge is 0.481 e. The van der Waals surface area contributed by atoms with Crippen LogP contribution in [-0.4, -0.2) is 22.3 Å². The minimum atomic E-state index is -0.658. The number of hydrogen-bond acceptors (Lipinski definition) is 2. The highest BCUT2D eigenvalue weighted by Gasteiger charge is 2.00. The minimum absolute atomic E-state index is 0.0690. The Bertz CT molecular complexity index is 304. The second kappa shape index (κ2) is 21.7. The lowest BCUT2D eigenvalue weighted by Gasteiger charge is -2.06. The number of carboxylic acid groups (broad SMARTS) is 1. The monoisotopic (exact) mass is 384 g/mol. The molecule has 27 heavy (non-hydrogen) atoms. The van der Waals surface area contributed by atoms with E-state index in [1.807, 2.05) is 0 Å². The SMILES string of the molecule is CCC(O)CCCCCCCCCCCCCCCCCCCCC(=O)O. The van der Waals surface area contributed by atoms with Crippen LogP contribution >= 0.6 is 0 Å². The maximum Gasteiger partial charge on any atom is 0.303 e. The number of aliphatic hydroxyl groups is 1. The summed E-state index contributed by atoms with van der Waals surface area (Å²) in [5, 5.41) is 18.1. The fraction of sp³-hybridized carbons (Fsp3) is 0.958. The van der Waals surface area contributed by atoms with E-state index in [0.717, 1.165) is 25.7 Å². The number of unbranched alkanes of at least 4 members (excludes halogenated alkanes) is 17. The molecule has 0 aliphatic carbocycles. The summed E-state index contributed by atoms with van der Waals surface area (Å²) < 4.78 is 0. The number of hydrogen-bond donors (Lipinski definition) is 2. The quantitative estimate of drug-likeness (QED) is 0.188. The zero-order valence-corrected chi connectivity index (χ0v) is 18.2. The van der Waals surface area contributed by atoms with Crippen LogP contribution in [0.1, 0.15) is 142 Å². The molecule has 0 rings (SSSR count). The Morgan fingerprint density at radius 1 is 0.593 bits per heavy atom. The third-order valence-electron chi connectivity index (χ3n) is 5.65. The summed E-state index contributed by atoms with van der Waals surface area (Å²) >= 11 is 0. The van der Waals surface area contributed by atoms with Crippen molar-refractivity contribution in [2.24, 2.45) is 0 Å². The highest BCUT2D eigenvalue weighted by molar-refractivity contribution is 5.66. The zero-order chi connectivity index (χ0) is 20.0. The first kappa shape index (κ1) is 26.4. The van der Waals surface area contributed by atoms with Crippen LogP contribution < -0.4 is 0 Å². The van der Waals surface area contributed by atoms with Gasteiger partial charge in [0.25, 0.3) is 0 Å². The van der Waals surface area contributed by atoms with Gasteiger partial charge in [-0.05, 0) is 19.3 Å². The fourth-order valence-corrected chi connectivity index (χ4v) is 3.69. The van der Waals surface area contributed by atoms with Crippen molar-refractivity contribution < 1.29 is 15.0 Å². The van der Waals surface area contributed by atoms with Crippen LogP contribution in [0.25, 0.3) is 0 Å². The van der Waals surface area contributed by atoms with Gasteiger partial charge in [-0.1, -0.05) is 116 Å². The van der Waals surface area contributed by atoms with Gasteiger partial charge in [-0.3, -0.25) is 4.79 Å². The molecule has 0 aromatic heterocycles. The van der Waals surface area contributed by atoms with Crippen LogP contribution in [0.4, 0.5) is 0 Å². The standard InChI is InChI=1S/C24H48O3/c1-2-23(25)21-19-17-15-13-11-9-7-5-3-4-6-8-10-12-14-16-18-20-22-24(26)27/h23,25H,2-22H2,1H3,(H,26,27). The van der Waals surface area contributed by atoms with E-state index in [1.165, 1.54) is 103 Å². The third kappa shape index (κ3) is 23.4. The number of aliphatic carboxylic acids is 1. The van der Waals surface area contributed by atoms with Crippen molar-refractivity contribution >= 4 is 5.97 Å². The first-order valence-corrected chi connectivity index (χ1v) is 12.1. The lowest BCUT2D eigenvalue weighted by molar-refractivity contribution is -0.137. The second-order valence-corrected chi connectivity index (χ2v) is 8.36. The third-order valence-corrected chi connectivity index (χ3v) is 5.65. The van der Waals surface area contributed by atoms with Gasteiger partial charge in [0.2, 0.25) is 0 Å². The lowest BCUT2D eigenvalue weighted by Crippen LogP contribution is -2.03. The van der Waals surface area contributed by atoms with E-state index >= 15 is 0 Å². The predicted molar refractivity (Wildman–Crippen MR) is 116 cm³/mol. The molecule has 0 spiro atoms. The van der Waals surface area contributed by atoms with Gasteiger partial charge in [-0.25, -0.2) is 0 Å². The Hall–Kier alpha value is -0.570. The molecule has 0 fully saturated rings. The van der Waals surface area contributed by atoms with Gasteiger partial charge in [-0.15, -0.1) is 0 Å². The molecule has 0 aromatic carbocycles. The maximum absolute atomic E-state index is 10.4. The Morgan fingerprint density at radius 3 is 1.19 bits per heavy atom. The first-order chi connectivity index (χ1) is 13.2. The molecule has 0 aliphatic rings. The average molecular weight is 385 g/mol.